The summed E-state index contributed by atoms with van der Waals surface area (Å²) in [7, 11) is 0. The van der Waals surface area contributed by atoms with Gasteiger partial charge in [-0.05, 0) is 61.4 Å². The molecule has 4 aromatic rings. The molecule has 6 nitrogen and oxygen atoms in total. The van der Waals surface area contributed by atoms with Crippen LogP contribution in [0.15, 0.2) is 71.9 Å². The molecule has 36 heavy (non-hydrogen) atoms. The first-order valence-electron chi connectivity index (χ1n) is 12.1. The molecule has 3 aromatic carbocycles. The van der Waals surface area contributed by atoms with E-state index in [1.807, 2.05) is 50.2 Å². The number of thioether (sulfide) groups is 1. The summed E-state index contributed by atoms with van der Waals surface area (Å²) in [6.07, 6.45) is 0. The zero-order chi connectivity index (χ0) is 25.1. The van der Waals surface area contributed by atoms with Gasteiger partial charge in [0.2, 0.25) is 5.91 Å². The van der Waals surface area contributed by atoms with E-state index in [9.17, 15) is 4.79 Å². The molecular formula is C28H29ClN4O2S. The molecule has 1 saturated heterocycles. The monoisotopic (exact) mass is 520 g/mol. The lowest BCUT2D eigenvalue weighted by Crippen LogP contribution is -2.35. The number of morpholine rings is 1. The smallest absolute Gasteiger partial charge is 0.237 e. The normalized spacial score (nSPS) is 15.2. The fourth-order valence-corrected chi connectivity index (χ4v) is 5.54. The molecule has 1 aliphatic rings. The lowest BCUT2D eigenvalue weighted by atomic mass is 10.1. The summed E-state index contributed by atoms with van der Waals surface area (Å²) >= 11 is 7.77. The van der Waals surface area contributed by atoms with Crippen LogP contribution in [-0.2, 0) is 16.1 Å². The van der Waals surface area contributed by atoms with E-state index in [0.29, 0.717) is 10.7 Å². The van der Waals surface area contributed by atoms with E-state index in [4.69, 9.17) is 21.3 Å². The van der Waals surface area contributed by atoms with Crippen molar-refractivity contribution in [2.45, 2.75) is 30.8 Å². The maximum absolute atomic E-state index is 13.0. The van der Waals surface area contributed by atoms with E-state index in [-0.39, 0.29) is 11.2 Å². The van der Waals surface area contributed by atoms with Crippen molar-refractivity contribution in [2.75, 3.05) is 31.6 Å². The summed E-state index contributed by atoms with van der Waals surface area (Å²) < 4.78 is 7.64. The Morgan fingerprint density at radius 1 is 1.11 bits per heavy atom. The fourth-order valence-electron chi connectivity index (χ4n) is 4.31. The summed E-state index contributed by atoms with van der Waals surface area (Å²) in [6, 6.07) is 22.2. The largest absolute Gasteiger partial charge is 0.379 e. The Balaban J connectivity index is 1.41. The third kappa shape index (κ3) is 5.60. The highest BCUT2D eigenvalue weighted by molar-refractivity contribution is 8.00. The van der Waals surface area contributed by atoms with Crippen molar-refractivity contribution in [3.8, 4) is 5.69 Å². The second-order valence-electron chi connectivity index (χ2n) is 9.01. The number of hydrogen-bond donors (Lipinski definition) is 1. The first-order valence-corrected chi connectivity index (χ1v) is 13.3. The Labute approximate surface area is 220 Å². The Kier molecular flexibility index (Phi) is 7.62. The first-order chi connectivity index (χ1) is 17.5. The zero-order valence-corrected chi connectivity index (χ0v) is 22.0. The van der Waals surface area contributed by atoms with Crippen molar-refractivity contribution in [2.24, 2.45) is 0 Å². The molecule has 0 aliphatic carbocycles. The van der Waals surface area contributed by atoms with Crippen LogP contribution in [0.4, 0.5) is 5.69 Å². The van der Waals surface area contributed by atoms with E-state index in [1.165, 1.54) is 17.3 Å². The number of nitrogens with one attached hydrogen (secondary N) is 1. The van der Waals surface area contributed by atoms with Crippen LogP contribution in [-0.4, -0.2) is 51.9 Å². The second kappa shape index (κ2) is 11.0. The van der Waals surface area contributed by atoms with E-state index in [0.717, 1.165) is 60.3 Å². The highest BCUT2D eigenvalue weighted by Crippen LogP contribution is 2.32. The van der Waals surface area contributed by atoms with Crippen molar-refractivity contribution in [3.05, 3.63) is 82.9 Å². The number of rotatable bonds is 7. The van der Waals surface area contributed by atoms with Crippen molar-refractivity contribution in [1.82, 2.24) is 14.5 Å². The first kappa shape index (κ1) is 24.8. The Morgan fingerprint density at radius 2 is 1.92 bits per heavy atom. The minimum atomic E-state index is -0.380. The summed E-state index contributed by atoms with van der Waals surface area (Å²) in [5.41, 5.74) is 5.84. The fraction of sp³-hybridized carbons (Fsp3) is 0.286. The van der Waals surface area contributed by atoms with Crippen LogP contribution in [0.5, 0.6) is 0 Å². The average Bonchev–Trinajstić information content (AvgIpc) is 3.24. The third-order valence-corrected chi connectivity index (χ3v) is 7.61. The van der Waals surface area contributed by atoms with Crippen LogP contribution in [0.2, 0.25) is 5.02 Å². The van der Waals surface area contributed by atoms with Gasteiger partial charge in [0.1, 0.15) is 0 Å². The van der Waals surface area contributed by atoms with Crippen molar-refractivity contribution >= 4 is 46.0 Å². The molecule has 0 spiro atoms. The predicted octanol–water partition coefficient (Wildman–Crippen LogP) is 5.94. The molecule has 1 aromatic heterocycles. The molecule has 1 unspecified atom stereocenters. The lowest BCUT2D eigenvalue weighted by Gasteiger charge is -2.26. The van der Waals surface area contributed by atoms with Crippen LogP contribution >= 0.6 is 23.4 Å². The molecule has 1 N–H and O–H groups in total. The van der Waals surface area contributed by atoms with Crippen LogP contribution < -0.4 is 5.32 Å². The third-order valence-electron chi connectivity index (χ3n) is 6.24. The molecule has 8 heteroatoms. The van der Waals surface area contributed by atoms with Crippen LogP contribution in [0.3, 0.4) is 0 Å². The van der Waals surface area contributed by atoms with Gasteiger partial charge in [-0.2, -0.15) is 0 Å². The molecule has 0 saturated carbocycles. The van der Waals surface area contributed by atoms with Gasteiger partial charge in [0, 0.05) is 25.3 Å². The van der Waals surface area contributed by atoms with Gasteiger partial charge in [-0.15, -0.1) is 0 Å². The number of ether oxygens (including phenoxy) is 1. The van der Waals surface area contributed by atoms with Gasteiger partial charge in [0.25, 0.3) is 0 Å². The second-order valence-corrected chi connectivity index (χ2v) is 10.7. The minimum Gasteiger partial charge on any atom is -0.379 e. The molecular weight excluding hydrogens is 492 g/mol. The van der Waals surface area contributed by atoms with Gasteiger partial charge >= 0.3 is 0 Å². The van der Waals surface area contributed by atoms with Crippen molar-refractivity contribution < 1.29 is 9.53 Å². The van der Waals surface area contributed by atoms with Gasteiger partial charge in [0.15, 0.2) is 5.16 Å². The molecule has 1 amide bonds. The van der Waals surface area contributed by atoms with E-state index >= 15 is 0 Å². The number of fused-ring (bicyclic) bond motifs is 1. The van der Waals surface area contributed by atoms with Crippen LogP contribution in [0, 0.1) is 6.92 Å². The van der Waals surface area contributed by atoms with Crippen LogP contribution in [0.1, 0.15) is 18.1 Å². The predicted molar refractivity (Wildman–Crippen MR) is 147 cm³/mol. The highest BCUT2D eigenvalue weighted by atomic mass is 35.5. The summed E-state index contributed by atoms with van der Waals surface area (Å²) in [6.45, 7) is 8.17. The van der Waals surface area contributed by atoms with Gasteiger partial charge in [-0.25, -0.2) is 4.98 Å². The van der Waals surface area contributed by atoms with Gasteiger partial charge in [-0.3, -0.25) is 14.3 Å². The summed E-state index contributed by atoms with van der Waals surface area (Å²) in [5, 5.41) is 3.89. The number of carbonyl (C=O) groups is 1. The number of nitrogens with zero attached hydrogens (tertiary/aromatic N) is 3. The summed E-state index contributed by atoms with van der Waals surface area (Å²) in [4.78, 5) is 20.3. The average molecular weight is 521 g/mol. The molecule has 5 rings (SSSR count). The number of aryl methyl sites for hydroxylation is 1. The zero-order valence-electron chi connectivity index (χ0n) is 20.4. The van der Waals surface area contributed by atoms with Gasteiger partial charge < -0.3 is 10.1 Å². The highest BCUT2D eigenvalue weighted by Gasteiger charge is 2.21. The quantitative estimate of drug-likeness (QED) is 0.306. The Hall–Kier alpha value is -2.84. The number of hydrogen-bond acceptors (Lipinski definition) is 5. The van der Waals surface area contributed by atoms with E-state index in [1.54, 1.807) is 0 Å². The number of amides is 1. The number of imidazole rings is 1. The SMILES string of the molecule is Cc1ccc(NC(=O)C(C)Sc2nc3ccccc3n2-c2cccc(CN3CCOCC3)c2)c(Cl)c1. The van der Waals surface area contributed by atoms with E-state index < -0.39 is 0 Å². The topological polar surface area (TPSA) is 59.4 Å². The van der Waals surface area contributed by atoms with E-state index in [2.05, 4.69) is 45.1 Å². The number of para-hydroxylation sites is 2. The number of carbonyl (C=O) groups excluding carboxylic acids is 1. The standard InChI is InChI=1S/C28H29ClN4O2S/c1-19-10-11-24(23(29)16-19)30-27(34)20(2)36-28-31-25-8-3-4-9-26(25)33(28)22-7-5-6-21(17-22)18-32-12-14-35-15-13-32/h3-11,16-17,20H,12-15,18H2,1-2H3,(H,30,34). The molecule has 1 fully saturated rings. The molecule has 186 valence electrons. The molecule has 1 aliphatic heterocycles. The molecule has 0 radical (unpaired) electrons. The number of benzene rings is 3. The minimum absolute atomic E-state index is 0.120. The Bertz CT molecular complexity index is 1380. The molecule has 2 heterocycles. The van der Waals surface area contributed by atoms with Gasteiger partial charge in [0.05, 0.1) is 40.2 Å². The lowest BCUT2D eigenvalue weighted by molar-refractivity contribution is -0.115. The number of halogens is 1. The van der Waals surface area contributed by atoms with Gasteiger partial charge in [-0.1, -0.05) is 53.7 Å². The van der Waals surface area contributed by atoms with Crippen LogP contribution in [0.25, 0.3) is 16.7 Å². The van der Waals surface area contributed by atoms with Crippen molar-refractivity contribution in [1.29, 1.82) is 0 Å². The maximum Gasteiger partial charge on any atom is 0.237 e. The van der Waals surface area contributed by atoms with Crippen molar-refractivity contribution in [3.63, 3.8) is 0 Å². The number of anilines is 1. The number of aromatic nitrogens is 2. The molecule has 1 atom stereocenters. The Morgan fingerprint density at radius 3 is 2.72 bits per heavy atom. The molecule has 0 bridgehead atoms. The maximum atomic E-state index is 13.0. The summed E-state index contributed by atoms with van der Waals surface area (Å²) in [5.74, 6) is -0.120.